The summed E-state index contributed by atoms with van der Waals surface area (Å²) in [5.41, 5.74) is 2.40. The lowest BCUT2D eigenvalue weighted by Gasteiger charge is -2.37. The Kier molecular flexibility index (Phi) is 8.64. The second-order valence-electron chi connectivity index (χ2n) is 9.95. The van der Waals surface area contributed by atoms with Gasteiger partial charge in [0.05, 0.1) is 31.4 Å². The molecule has 0 saturated heterocycles. The molecule has 0 spiro atoms. The number of benzene rings is 1. The molecular weight excluding hydrogens is 448 g/mol. The number of nitrogens with zero attached hydrogens (tertiary/aromatic N) is 2. The summed E-state index contributed by atoms with van der Waals surface area (Å²) >= 11 is 1.76. The number of carbonyl (C=O) groups excluding carboxylic acids is 1. The second-order valence-corrected chi connectivity index (χ2v) is 11.0. The molecule has 2 atom stereocenters. The molecule has 0 radical (unpaired) electrons. The lowest BCUT2D eigenvalue weighted by Crippen LogP contribution is -2.48. The van der Waals surface area contributed by atoms with Crippen molar-refractivity contribution in [3.05, 3.63) is 51.7 Å². The van der Waals surface area contributed by atoms with E-state index in [1.165, 1.54) is 28.8 Å². The van der Waals surface area contributed by atoms with Crippen molar-refractivity contribution >= 4 is 17.2 Å². The third-order valence-electron chi connectivity index (χ3n) is 6.51. The molecule has 1 amide bonds. The molecular formula is C27H38N2O4S. The summed E-state index contributed by atoms with van der Waals surface area (Å²) in [6.45, 7) is 9.04. The summed E-state index contributed by atoms with van der Waals surface area (Å²) in [6, 6.07) is 10.1. The van der Waals surface area contributed by atoms with Gasteiger partial charge in [0.15, 0.2) is 0 Å². The first-order chi connectivity index (χ1) is 16.4. The quantitative estimate of drug-likeness (QED) is 0.490. The number of aryl methyl sites for hydroxylation is 1. The van der Waals surface area contributed by atoms with Crippen LogP contribution in [-0.4, -0.2) is 72.4 Å². The molecule has 1 aliphatic heterocycles. The molecule has 7 heteroatoms. The summed E-state index contributed by atoms with van der Waals surface area (Å²) in [7, 11) is 0. The standard InChI is InChI=1S/C27H38N2O4S/c1-19(2)32-17-22(30)15-28(14-21-6-7-21)16-27(31)29-12-10-26-24(11-13-34-26)25(29)18-33-23-8-4-20(3)5-9-23/h4-5,8-9,11,13,19,21-22,25,30H,6-7,10,12,14-18H2,1-3H3/t22-,25+/m0/s1. The fraction of sp³-hybridized carbons (Fsp3) is 0.593. The minimum Gasteiger partial charge on any atom is -0.491 e. The Morgan fingerprint density at radius 2 is 2.00 bits per heavy atom. The van der Waals surface area contributed by atoms with Gasteiger partial charge in [-0.25, -0.2) is 0 Å². The Hall–Kier alpha value is -1.93. The van der Waals surface area contributed by atoms with Crippen molar-refractivity contribution in [2.24, 2.45) is 5.92 Å². The van der Waals surface area contributed by atoms with Crippen LogP contribution in [0.5, 0.6) is 5.75 Å². The number of aliphatic hydroxyl groups is 1. The Morgan fingerprint density at radius 3 is 2.71 bits per heavy atom. The largest absolute Gasteiger partial charge is 0.491 e. The highest BCUT2D eigenvalue weighted by Gasteiger charge is 2.34. The average molecular weight is 487 g/mol. The van der Waals surface area contributed by atoms with Gasteiger partial charge in [-0.2, -0.15) is 0 Å². The molecule has 1 aromatic carbocycles. The minimum atomic E-state index is -0.598. The number of rotatable bonds is 12. The van der Waals surface area contributed by atoms with Crippen LogP contribution in [0.1, 0.15) is 48.7 Å². The maximum Gasteiger partial charge on any atom is 0.237 e. The first-order valence-electron chi connectivity index (χ1n) is 12.5. The van der Waals surface area contributed by atoms with Crippen molar-refractivity contribution in [3.8, 4) is 5.75 Å². The summed E-state index contributed by atoms with van der Waals surface area (Å²) in [4.78, 5) is 19.0. The molecule has 1 N–H and O–H groups in total. The molecule has 4 rings (SSSR count). The predicted molar refractivity (Wildman–Crippen MR) is 135 cm³/mol. The van der Waals surface area contributed by atoms with Crippen LogP contribution >= 0.6 is 11.3 Å². The smallest absolute Gasteiger partial charge is 0.237 e. The lowest BCUT2D eigenvalue weighted by atomic mass is 10.0. The van der Waals surface area contributed by atoms with Gasteiger partial charge in [0.2, 0.25) is 5.91 Å². The van der Waals surface area contributed by atoms with Gasteiger partial charge in [-0.05, 0) is 75.1 Å². The first-order valence-corrected chi connectivity index (χ1v) is 13.3. The van der Waals surface area contributed by atoms with Gasteiger partial charge in [0.25, 0.3) is 0 Å². The van der Waals surface area contributed by atoms with Crippen molar-refractivity contribution in [1.82, 2.24) is 9.80 Å². The maximum atomic E-state index is 13.6. The van der Waals surface area contributed by atoms with E-state index < -0.39 is 6.10 Å². The molecule has 0 unspecified atom stereocenters. The molecule has 2 aromatic rings. The Bertz CT molecular complexity index is 925. The highest BCUT2D eigenvalue weighted by molar-refractivity contribution is 7.10. The number of fused-ring (bicyclic) bond motifs is 1. The van der Waals surface area contributed by atoms with Gasteiger partial charge < -0.3 is 19.5 Å². The SMILES string of the molecule is Cc1ccc(OC[C@@H]2c3ccsc3CCN2C(=O)CN(CC2CC2)C[C@H](O)COC(C)C)cc1. The molecule has 1 saturated carbocycles. The highest BCUT2D eigenvalue weighted by Crippen LogP contribution is 2.34. The summed E-state index contributed by atoms with van der Waals surface area (Å²) in [5.74, 6) is 1.56. The van der Waals surface area contributed by atoms with Gasteiger partial charge in [-0.15, -0.1) is 11.3 Å². The summed E-state index contributed by atoms with van der Waals surface area (Å²) in [6.07, 6.45) is 2.78. The Balaban J connectivity index is 1.42. The molecule has 2 aliphatic rings. The lowest BCUT2D eigenvalue weighted by molar-refractivity contribution is -0.136. The summed E-state index contributed by atoms with van der Waals surface area (Å²) < 4.78 is 11.7. The molecule has 34 heavy (non-hydrogen) atoms. The number of aliphatic hydroxyl groups excluding tert-OH is 1. The molecule has 6 nitrogen and oxygen atoms in total. The van der Waals surface area contributed by atoms with Crippen molar-refractivity contribution in [3.63, 3.8) is 0 Å². The van der Waals surface area contributed by atoms with Crippen LogP contribution in [0.15, 0.2) is 35.7 Å². The Labute approximate surface area is 207 Å². The van der Waals surface area contributed by atoms with E-state index in [1.807, 2.05) is 43.0 Å². The highest BCUT2D eigenvalue weighted by atomic mass is 32.1. The monoisotopic (exact) mass is 486 g/mol. The summed E-state index contributed by atoms with van der Waals surface area (Å²) in [5, 5.41) is 12.6. The van der Waals surface area contributed by atoms with Gasteiger partial charge in [-0.3, -0.25) is 9.69 Å². The van der Waals surface area contributed by atoms with Crippen LogP contribution in [0.3, 0.4) is 0 Å². The molecule has 0 bridgehead atoms. The number of amides is 1. The fourth-order valence-corrected chi connectivity index (χ4v) is 5.42. The number of carbonyl (C=O) groups is 1. The first kappa shape index (κ1) is 25.2. The van der Waals surface area contributed by atoms with E-state index in [0.29, 0.717) is 38.8 Å². The van der Waals surface area contributed by atoms with Crippen LogP contribution in [0.25, 0.3) is 0 Å². The van der Waals surface area contributed by atoms with E-state index in [-0.39, 0.29) is 18.1 Å². The van der Waals surface area contributed by atoms with Crippen molar-refractivity contribution in [2.45, 2.75) is 58.3 Å². The number of ether oxygens (including phenoxy) is 2. The van der Waals surface area contributed by atoms with Crippen molar-refractivity contribution < 1.29 is 19.4 Å². The predicted octanol–water partition coefficient (Wildman–Crippen LogP) is 4.06. The van der Waals surface area contributed by atoms with Gasteiger partial charge in [0, 0.05) is 24.5 Å². The van der Waals surface area contributed by atoms with Crippen LogP contribution in [0.2, 0.25) is 0 Å². The van der Waals surface area contributed by atoms with E-state index in [2.05, 4.69) is 23.3 Å². The van der Waals surface area contributed by atoms with Crippen LogP contribution in [-0.2, 0) is 16.0 Å². The maximum absolute atomic E-state index is 13.6. The Morgan fingerprint density at radius 1 is 1.24 bits per heavy atom. The zero-order valence-electron chi connectivity index (χ0n) is 20.6. The number of hydrogen-bond acceptors (Lipinski definition) is 6. The molecule has 2 heterocycles. The zero-order chi connectivity index (χ0) is 24.1. The molecule has 186 valence electrons. The van der Waals surface area contributed by atoms with E-state index >= 15 is 0 Å². The van der Waals surface area contributed by atoms with Crippen LogP contribution < -0.4 is 4.74 Å². The topological polar surface area (TPSA) is 62.2 Å². The van der Waals surface area contributed by atoms with E-state index in [4.69, 9.17) is 9.47 Å². The van der Waals surface area contributed by atoms with Gasteiger partial charge >= 0.3 is 0 Å². The van der Waals surface area contributed by atoms with Crippen LogP contribution in [0.4, 0.5) is 0 Å². The van der Waals surface area contributed by atoms with Gasteiger partial charge in [-0.1, -0.05) is 17.7 Å². The fourth-order valence-electron chi connectivity index (χ4n) is 4.49. The minimum absolute atomic E-state index is 0.0793. The third-order valence-corrected chi connectivity index (χ3v) is 7.50. The van der Waals surface area contributed by atoms with Crippen molar-refractivity contribution in [2.75, 3.05) is 39.4 Å². The zero-order valence-corrected chi connectivity index (χ0v) is 21.4. The van der Waals surface area contributed by atoms with Gasteiger partial charge in [0.1, 0.15) is 12.4 Å². The van der Waals surface area contributed by atoms with Crippen LogP contribution in [0, 0.1) is 12.8 Å². The van der Waals surface area contributed by atoms with Crippen molar-refractivity contribution in [1.29, 1.82) is 0 Å². The average Bonchev–Trinajstić information content (AvgIpc) is 3.48. The third kappa shape index (κ3) is 7.04. The van der Waals surface area contributed by atoms with E-state index in [1.54, 1.807) is 11.3 Å². The molecule has 1 aliphatic carbocycles. The normalized spacial score (nSPS) is 18.9. The van der Waals surface area contributed by atoms with E-state index in [0.717, 1.165) is 18.7 Å². The van der Waals surface area contributed by atoms with E-state index in [9.17, 15) is 9.90 Å². The molecule has 1 aromatic heterocycles. The number of thiophene rings is 1. The molecule has 1 fully saturated rings. The number of hydrogen-bond donors (Lipinski definition) is 1. The second kappa shape index (κ2) is 11.7.